The Morgan fingerprint density at radius 2 is 2.12 bits per heavy atom. The number of nitrogens with one attached hydrogen (secondary N) is 1. The van der Waals surface area contributed by atoms with Crippen LogP contribution in [0.1, 0.15) is 37.2 Å². The molecule has 0 unspecified atom stereocenters. The summed E-state index contributed by atoms with van der Waals surface area (Å²) in [7, 11) is 0. The van der Waals surface area contributed by atoms with Crippen molar-refractivity contribution >= 4 is 21.8 Å². The molecule has 90 valence electrons. The van der Waals surface area contributed by atoms with Crippen LogP contribution >= 0.6 is 15.9 Å². The Bertz CT molecular complexity index is 359. The zero-order chi connectivity index (χ0) is 12.2. The van der Waals surface area contributed by atoms with Gasteiger partial charge >= 0.3 is 0 Å². The fraction of sp³-hybridized carbons (Fsp3) is 0.545. The molecule has 0 aliphatic carbocycles. The van der Waals surface area contributed by atoms with Crippen molar-refractivity contribution in [2.24, 2.45) is 5.73 Å². The number of amides is 1. The van der Waals surface area contributed by atoms with Crippen LogP contribution in [0, 0.1) is 0 Å². The average Bonchev–Trinajstić information content (AvgIpc) is 2.72. The summed E-state index contributed by atoms with van der Waals surface area (Å²) in [6.07, 6.45) is 1.65. The van der Waals surface area contributed by atoms with Crippen LogP contribution in [0.4, 0.5) is 0 Å². The van der Waals surface area contributed by atoms with E-state index in [9.17, 15) is 4.79 Å². The van der Waals surface area contributed by atoms with Gasteiger partial charge in [-0.1, -0.05) is 13.8 Å². The van der Waals surface area contributed by atoms with Gasteiger partial charge in [-0.05, 0) is 40.9 Å². The van der Waals surface area contributed by atoms with Gasteiger partial charge in [0.1, 0.15) is 0 Å². The lowest BCUT2D eigenvalue weighted by Crippen LogP contribution is -2.49. The second-order valence-electron chi connectivity index (χ2n) is 3.86. The van der Waals surface area contributed by atoms with E-state index in [4.69, 9.17) is 10.2 Å². The SMILES string of the molecule is CCC(N)(CC)CNC(=O)c1ccc(Br)o1. The zero-order valence-corrected chi connectivity index (χ0v) is 11.1. The lowest BCUT2D eigenvalue weighted by Gasteiger charge is -2.26. The number of hydrogen-bond acceptors (Lipinski definition) is 3. The molecule has 1 rings (SSSR count). The molecule has 0 fully saturated rings. The van der Waals surface area contributed by atoms with Gasteiger partial charge < -0.3 is 15.5 Å². The highest BCUT2D eigenvalue weighted by molar-refractivity contribution is 9.10. The Hall–Kier alpha value is -0.810. The Kier molecular flexibility index (Phi) is 4.56. The smallest absolute Gasteiger partial charge is 0.287 e. The van der Waals surface area contributed by atoms with E-state index in [1.165, 1.54) is 0 Å². The van der Waals surface area contributed by atoms with Gasteiger partial charge in [-0.2, -0.15) is 0 Å². The van der Waals surface area contributed by atoms with Crippen LogP contribution in [0.5, 0.6) is 0 Å². The highest BCUT2D eigenvalue weighted by Crippen LogP contribution is 2.14. The first-order chi connectivity index (χ1) is 7.50. The van der Waals surface area contributed by atoms with Gasteiger partial charge in [0.25, 0.3) is 5.91 Å². The van der Waals surface area contributed by atoms with Crippen LogP contribution in [-0.4, -0.2) is 18.0 Å². The van der Waals surface area contributed by atoms with Gasteiger partial charge in [-0.3, -0.25) is 4.79 Å². The maximum Gasteiger partial charge on any atom is 0.287 e. The first-order valence-corrected chi connectivity index (χ1v) is 6.12. The Labute approximate surface area is 104 Å². The normalized spacial score (nSPS) is 11.5. The molecule has 0 radical (unpaired) electrons. The molecule has 3 N–H and O–H groups in total. The van der Waals surface area contributed by atoms with Crippen molar-refractivity contribution in [2.45, 2.75) is 32.2 Å². The third kappa shape index (κ3) is 3.35. The molecule has 0 atom stereocenters. The van der Waals surface area contributed by atoms with Gasteiger partial charge in [0.2, 0.25) is 0 Å². The molecule has 1 amide bonds. The summed E-state index contributed by atoms with van der Waals surface area (Å²) in [4.78, 5) is 11.7. The van der Waals surface area contributed by atoms with E-state index >= 15 is 0 Å². The molecule has 0 aliphatic rings. The molecule has 0 saturated heterocycles. The lowest BCUT2D eigenvalue weighted by molar-refractivity contribution is 0.0913. The van der Waals surface area contributed by atoms with Crippen LogP contribution < -0.4 is 11.1 Å². The average molecular weight is 289 g/mol. The van der Waals surface area contributed by atoms with Crippen LogP contribution in [-0.2, 0) is 0 Å². The van der Waals surface area contributed by atoms with Gasteiger partial charge in [0, 0.05) is 12.1 Å². The van der Waals surface area contributed by atoms with Gasteiger partial charge in [-0.25, -0.2) is 0 Å². The molecular weight excluding hydrogens is 272 g/mol. The second-order valence-corrected chi connectivity index (χ2v) is 4.64. The van der Waals surface area contributed by atoms with Crippen molar-refractivity contribution in [1.29, 1.82) is 0 Å². The van der Waals surface area contributed by atoms with Crippen molar-refractivity contribution in [3.05, 3.63) is 22.6 Å². The Morgan fingerprint density at radius 3 is 2.56 bits per heavy atom. The van der Waals surface area contributed by atoms with E-state index in [0.29, 0.717) is 17.0 Å². The summed E-state index contributed by atoms with van der Waals surface area (Å²) in [5.41, 5.74) is 5.74. The summed E-state index contributed by atoms with van der Waals surface area (Å²) in [5, 5.41) is 2.78. The second kappa shape index (κ2) is 5.50. The molecule has 1 aromatic heterocycles. The minimum absolute atomic E-state index is 0.234. The van der Waals surface area contributed by atoms with Crippen molar-refractivity contribution < 1.29 is 9.21 Å². The Morgan fingerprint density at radius 1 is 1.50 bits per heavy atom. The summed E-state index contributed by atoms with van der Waals surface area (Å²) in [5.74, 6) is 0.0591. The quantitative estimate of drug-likeness (QED) is 0.873. The van der Waals surface area contributed by atoms with Crippen molar-refractivity contribution in [3.8, 4) is 0 Å². The highest BCUT2D eigenvalue weighted by Gasteiger charge is 2.21. The number of carbonyl (C=O) groups is 1. The van der Waals surface area contributed by atoms with E-state index in [2.05, 4.69) is 21.2 Å². The van der Waals surface area contributed by atoms with E-state index < -0.39 is 0 Å². The Balaban J connectivity index is 2.53. The third-order valence-corrected chi connectivity index (χ3v) is 3.23. The summed E-state index contributed by atoms with van der Waals surface area (Å²) in [6, 6.07) is 3.31. The number of carbonyl (C=O) groups excluding carboxylic acids is 1. The lowest BCUT2D eigenvalue weighted by atomic mass is 9.94. The third-order valence-electron chi connectivity index (χ3n) is 2.81. The van der Waals surface area contributed by atoms with Crippen LogP contribution in [0.3, 0.4) is 0 Å². The number of nitrogens with two attached hydrogens (primary N) is 1. The molecule has 4 nitrogen and oxygen atoms in total. The van der Waals surface area contributed by atoms with Gasteiger partial charge in [0.05, 0.1) is 0 Å². The maximum absolute atomic E-state index is 11.7. The number of furan rings is 1. The molecule has 16 heavy (non-hydrogen) atoms. The van der Waals surface area contributed by atoms with E-state index in [-0.39, 0.29) is 11.4 Å². The fourth-order valence-electron chi connectivity index (χ4n) is 1.28. The van der Waals surface area contributed by atoms with Crippen LogP contribution in [0.25, 0.3) is 0 Å². The summed E-state index contributed by atoms with van der Waals surface area (Å²) < 4.78 is 5.69. The predicted octanol–water partition coefficient (Wildman–Crippen LogP) is 2.29. The molecule has 0 spiro atoms. The summed E-state index contributed by atoms with van der Waals surface area (Å²) >= 11 is 3.15. The first kappa shape index (κ1) is 13.3. The number of halogens is 1. The topological polar surface area (TPSA) is 68.3 Å². The molecule has 0 aliphatic heterocycles. The minimum atomic E-state index is -0.334. The largest absolute Gasteiger partial charge is 0.444 e. The van der Waals surface area contributed by atoms with Crippen LogP contribution in [0.2, 0.25) is 0 Å². The first-order valence-electron chi connectivity index (χ1n) is 5.33. The molecule has 1 heterocycles. The predicted molar refractivity (Wildman–Crippen MR) is 66.2 cm³/mol. The molecule has 0 saturated carbocycles. The molecule has 0 bridgehead atoms. The molecule has 5 heteroatoms. The zero-order valence-electron chi connectivity index (χ0n) is 9.55. The standard InChI is InChI=1S/C11H17BrN2O2/c1-3-11(13,4-2)7-14-10(15)8-5-6-9(12)16-8/h5-6H,3-4,7,13H2,1-2H3,(H,14,15). The number of hydrogen-bond donors (Lipinski definition) is 2. The van der Waals surface area contributed by atoms with Gasteiger partial charge in [-0.15, -0.1) is 0 Å². The van der Waals surface area contributed by atoms with Crippen molar-refractivity contribution in [1.82, 2.24) is 5.32 Å². The van der Waals surface area contributed by atoms with E-state index in [1.807, 2.05) is 13.8 Å². The van der Waals surface area contributed by atoms with E-state index in [0.717, 1.165) is 12.8 Å². The molecule has 1 aromatic rings. The monoisotopic (exact) mass is 288 g/mol. The number of rotatable bonds is 5. The van der Waals surface area contributed by atoms with Crippen molar-refractivity contribution in [3.63, 3.8) is 0 Å². The van der Waals surface area contributed by atoms with Crippen LogP contribution in [0.15, 0.2) is 21.2 Å². The summed E-state index contributed by atoms with van der Waals surface area (Å²) in [6.45, 7) is 4.48. The highest BCUT2D eigenvalue weighted by atomic mass is 79.9. The molecular formula is C11H17BrN2O2. The minimum Gasteiger partial charge on any atom is -0.444 e. The fourth-order valence-corrected chi connectivity index (χ4v) is 1.59. The van der Waals surface area contributed by atoms with E-state index in [1.54, 1.807) is 12.1 Å². The van der Waals surface area contributed by atoms with Gasteiger partial charge in [0.15, 0.2) is 10.4 Å². The maximum atomic E-state index is 11.7. The van der Waals surface area contributed by atoms with Crippen molar-refractivity contribution in [2.75, 3.05) is 6.54 Å². The molecule has 0 aromatic carbocycles.